The summed E-state index contributed by atoms with van der Waals surface area (Å²) in [6.07, 6.45) is 8.42. The van der Waals surface area contributed by atoms with Crippen LogP contribution in [0.2, 0.25) is 0 Å². The molecular weight excluding hydrogens is 400 g/mol. The van der Waals surface area contributed by atoms with Crippen molar-refractivity contribution < 1.29 is 14.4 Å². The van der Waals surface area contributed by atoms with E-state index in [1.807, 2.05) is 0 Å². The van der Waals surface area contributed by atoms with Gasteiger partial charge in [-0.15, -0.1) is 0 Å². The third-order valence-corrected chi connectivity index (χ3v) is 9.99. The molecule has 3 saturated carbocycles. The average molecular weight is 443 g/mol. The van der Waals surface area contributed by atoms with Crippen molar-refractivity contribution >= 4 is 18.1 Å². The number of rotatable bonds is 5. The first-order valence-corrected chi connectivity index (χ1v) is 12.9. The summed E-state index contributed by atoms with van der Waals surface area (Å²) in [6, 6.07) is 0.456. The molecule has 6 atom stereocenters. The van der Waals surface area contributed by atoms with Crippen LogP contribution in [0.3, 0.4) is 0 Å². The molecule has 1 N–H and O–H groups in total. The molecule has 0 saturated heterocycles. The van der Waals surface area contributed by atoms with Gasteiger partial charge in [0.25, 0.3) is 0 Å². The number of nitrogens with one attached hydrogen (secondary N) is 1. The summed E-state index contributed by atoms with van der Waals surface area (Å²) in [6.45, 7) is 13.3. The number of nitrogens with zero attached hydrogens (tertiary/aromatic N) is 1. The van der Waals surface area contributed by atoms with Crippen molar-refractivity contribution in [3.05, 3.63) is 11.3 Å². The number of allylic oxidation sites excluding steroid dienone is 1. The Balaban J connectivity index is 1.63. The van der Waals surface area contributed by atoms with E-state index in [4.69, 9.17) is 0 Å². The SMILES string of the molecule is CC(C)N(C(=O)C1CC[C@H]2[C@@H]3CCC4=C(NC=O)C(=O)CC[C@]4(C)[C@@H]3CC[C@]12C)C(C)C. The van der Waals surface area contributed by atoms with Gasteiger partial charge in [-0.3, -0.25) is 14.4 Å². The fraction of sp³-hybridized carbons (Fsp3) is 0.815. The van der Waals surface area contributed by atoms with Crippen LogP contribution in [0.25, 0.3) is 0 Å². The zero-order valence-corrected chi connectivity index (χ0v) is 20.9. The number of carbonyl (C=O) groups excluding carboxylic acids is 3. The Kier molecular flexibility index (Phi) is 6.09. The van der Waals surface area contributed by atoms with Gasteiger partial charge in [0, 0.05) is 24.4 Å². The molecule has 5 heteroatoms. The highest BCUT2D eigenvalue weighted by Crippen LogP contribution is 2.67. The fourth-order valence-corrected chi connectivity index (χ4v) is 8.63. The molecule has 4 aliphatic carbocycles. The van der Waals surface area contributed by atoms with Gasteiger partial charge in [-0.1, -0.05) is 13.8 Å². The second kappa shape index (κ2) is 8.29. The first-order chi connectivity index (χ1) is 15.1. The summed E-state index contributed by atoms with van der Waals surface area (Å²) in [4.78, 5) is 39.6. The van der Waals surface area contributed by atoms with E-state index < -0.39 is 0 Å². The smallest absolute Gasteiger partial charge is 0.226 e. The Morgan fingerprint density at radius 3 is 2.31 bits per heavy atom. The maximum Gasteiger partial charge on any atom is 0.226 e. The Morgan fingerprint density at radius 1 is 1.00 bits per heavy atom. The van der Waals surface area contributed by atoms with Crippen molar-refractivity contribution in [2.75, 3.05) is 0 Å². The zero-order valence-electron chi connectivity index (χ0n) is 20.9. The first-order valence-electron chi connectivity index (χ1n) is 12.9. The molecule has 32 heavy (non-hydrogen) atoms. The van der Waals surface area contributed by atoms with Gasteiger partial charge in [-0.05, 0) is 107 Å². The molecule has 0 radical (unpaired) electrons. The first kappa shape index (κ1) is 23.5. The average Bonchev–Trinajstić information content (AvgIpc) is 3.07. The van der Waals surface area contributed by atoms with Crippen molar-refractivity contribution in [3.63, 3.8) is 0 Å². The van der Waals surface area contributed by atoms with Gasteiger partial charge in [-0.25, -0.2) is 0 Å². The summed E-state index contributed by atoms with van der Waals surface area (Å²) < 4.78 is 0. The number of fused-ring (bicyclic) bond motifs is 5. The van der Waals surface area contributed by atoms with Crippen LogP contribution < -0.4 is 5.32 Å². The maximum atomic E-state index is 13.7. The monoisotopic (exact) mass is 442 g/mol. The van der Waals surface area contributed by atoms with Gasteiger partial charge in [0.2, 0.25) is 12.3 Å². The second-order valence-electron chi connectivity index (χ2n) is 12.0. The van der Waals surface area contributed by atoms with Crippen LogP contribution in [0.1, 0.15) is 92.9 Å². The topological polar surface area (TPSA) is 66.5 Å². The molecule has 5 nitrogen and oxygen atoms in total. The number of hydrogen-bond acceptors (Lipinski definition) is 3. The van der Waals surface area contributed by atoms with Crippen LogP contribution >= 0.6 is 0 Å². The lowest BCUT2D eigenvalue weighted by Gasteiger charge is -2.58. The predicted molar refractivity (Wildman–Crippen MR) is 125 cm³/mol. The van der Waals surface area contributed by atoms with E-state index in [1.165, 1.54) is 5.57 Å². The molecule has 0 aromatic carbocycles. The normalized spacial score (nSPS) is 38.9. The highest BCUT2D eigenvalue weighted by atomic mass is 16.2. The van der Waals surface area contributed by atoms with Gasteiger partial charge in [0.15, 0.2) is 5.78 Å². The lowest BCUT2D eigenvalue weighted by molar-refractivity contribution is -0.146. The van der Waals surface area contributed by atoms with Crippen molar-refractivity contribution in [2.24, 2.45) is 34.5 Å². The molecule has 2 amide bonds. The number of Topliss-reactive ketones (excluding diaryl/α,β-unsaturated/α-hetero) is 1. The Hall–Kier alpha value is -1.65. The van der Waals surface area contributed by atoms with Gasteiger partial charge < -0.3 is 10.2 Å². The summed E-state index contributed by atoms with van der Waals surface area (Å²) in [7, 11) is 0. The molecule has 4 rings (SSSR count). The quantitative estimate of drug-likeness (QED) is 0.619. The minimum atomic E-state index is -0.00645. The number of amides is 2. The van der Waals surface area contributed by atoms with Gasteiger partial charge >= 0.3 is 0 Å². The van der Waals surface area contributed by atoms with Crippen molar-refractivity contribution in [3.8, 4) is 0 Å². The Labute approximate surface area is 193 Å². The zero-order chi connectivity index (χ0) is 23.4. The summed E-state index contributed by atoms with van der Waals surface area (Å²) in [5, 5.41) is 2.76. The molecule has 0 spiro atoms. The highest BCUT2D eigenvalue weighted by molar-refractivity contribution is 5.98. The molecule has 0 bridgehead atoms. The predicted octanol–water partition coefficient (Wildman–Crippen LogP) is 4.85. The van der Waals surface area contributed by atoms with Gasteiger partial charge in [0.1, 0.15) is 0 Å². The van der Waals surface area contributed by atoms with Crippen molar-refractivity contribution in [2.45, 2.75) is 105 Å². The molecule has 4 aliphatic rings. The van der Waals surface area contributed by atoms with E-state index in [0.29, 0.717) is 42.2 Å². The Morgan fingerprint density at radius 2 is 1.69 bits per heavy atom. The fourth-order valence-electron chi connectivity index (χ4n) is 8.63. The van der Waals surface area contributed by atoms with Crippen LogP contribution in [0.5, 0.6) is 0 Å². The molecular formula is C27H42N2O3. The van der Waals surface area contributed by atoms with E-state index in [-0.39, 0.29) is 34.6 Å². The molecule has 0 aromatic rings. The third-order valence-electron chi connectivity index (χ3n) is 9.99. The number of ketones is 1. The molecule has 178 valence electrons. The van der Waals surface area contributed by atoms with Gasteiger partial charge in [-0.2, -0.15) is 0 Å². The molecule has 0 aliphatic heterocycles. The van der Waals surface area contributed by atoms with E-state index >= 15 is 0 Å². The Bertz CT molecular complexity index is 823. The van der Waals surface area contributed by atoms with E-state index in [0.717, 1.165) is 44.9 Å². The van der Waals surface area contributed by atoms with Crippen LogP contribution in [0.4, 0.5) is 0 Å². The molecule has 3 fully saturated rings. The third kappa shape index (κ3) is 3.37. The minimum Gasteiger partial charge on any atom is -0.338 e. The molecule has 1 unspecified atom stereocenters. The summed E-state index contributed by atoms with van der Waals surface area (Å²) in [5.41, 5.74) is 1.85. The highest BCUT2D eigenvalue weighted by Gasteiger charge is 2.61. The number of carbonyl (C=O) groups is 3. The molecule has 0 aromatic heterocycles. The lowest BCUT2D eigenvalue weighted by Crippen LogP contribution is -2.54. The molecule has 0 heterocycles. The second-order valence-corrected chi connectivity index (χ2v) is 12.0. The minimum absolute atomic E-state index is 0.00645. The van der Waals surface area contributed by atoms with Crippen molar-refractivity contribution in [1.82, 2.24) is 10.2 Å². The van der Waals surface area contributed by atoms with E-state index in [9.17, 15) is 14.4 Å². The largest absolute Gasteiger partial charge is 0.338 e. The number of hydrogen-bond donors (Lipinski definition) is 1. The van der Waals surface area contributed by atoms with Crippen LogP contribution in [-0.4, -0.2) is 35.1 Å². The maximum absolute atomic E-state index is 13.7. The van der Waals surface area contributed by atoms with Gasteiger partial charge in [0.05, 0.1) is 5.70 Å². The van der Waals surface area contributed by atoms with Crippen LogP contribution in [0, 0.1) is 34.5 Å². The van der Waals surface area contributed by atoms with E-state index in [2.05, 4.69) is 51.8 Å². The summed E-state index contributed by atoms with van der Waals surface area (Å²) >= 11 is 0. The summed E-state index contributed by atoms with van der Waals surface area (Å²) in [5.74, 6) is 2.32. The van der Waals surface area contributed by atoms with Crippen LogP contribution in [0.15, 0.2) is 11.3 Å². The van der Waals surface area contributed by atoms with Crippen molar-refractivity contribution in [1.29, 1.82) is 0 Å². The van der Waals surface area contributed by atoms with E-state index in [1.54, 1.807) is 0 Å². The standard InChI is InChI=1S/C27H42N2O3/c1-16(2)29(17(3)4)25(32)22-10-9-19-18-7-8-21-24(28-15-30)23(31)12-14-26(21,5)20(18)11-13-27(19,22)6/h15-20,22H,7-14H2,1-6H3,(H,28,30)/t18-,19-,20+,22?,26+,27-/m0/s1. The lowest BCUT2D eigenvalue weighted by atomic mass is 9.46. The van der Waals surface area contributed by atoms with Crippen LogP contribution in [-0.2, 0) is 14.4 Å².